The number of rotatable bonds is 1. The van der Waals surface area contributed by atoms with Crippen molar-refractivity contribution in [3.05, 3.63) is 29.0 Å². The lowest BCUT2D eigenvalue weighted by Gasteiger charge is -2.02. The molecule has 6 heteroatoms. The predicted octanol–water partition coefficient (Wildman–Crippen LogP) is 1.57. The Hall–Kier alpha value is -1.07. The molecule has 0 saturated carbocycles. The Balaban J connectivity index is 2.07. The van der Waals surface area contributed by atoms with Gasteiger partial charge in [0.25, 0.3) is 5.91 Å². The molecule has 0 bridgehead atoms. The van der Waals surface area contributed by atoms with Crippen LogP contribution in [-0.2, 0) is 0 Å². The van der Waals surface area contributed by atoms with Gasteiger partial charge in [-0.3, -0.25) is 20.1 Å². The van der Waals surface area contributed by atoms with Gasteiger partial charge in [0.15, 0.2) is 5.17 Å². The summed E-state index contributed by atoms with van der Waals surface area (Å²) < 4.78 is 0. The van der Waals surface area contributed by atoms with Gasteiger partial charge >= 0.3 is 0 Å². The topological polar surface area (TPSA) is 54.4 Å². The minimum atomic E-state index is -0.273. The highest BCUT2D eigenvalue weighted by Gasteiger charge is 2.13. The van der Waals surface area contributed by atoms with Gasteiger partial charge in [0, 0.05) is 17.0 Å². The summed E-state index contributed by atoms with van der Waals surface area (Å²) >= 11 is 7.28. The molecular weight excluding hydrogens is 234 g/mol. The Labute approximate surface area is 96.1 Å². The predicted molar refractivity (Wildman–Crippen MR) is 61.5 cm³/mol. The number of hydrogen-bond donors (Lipinski definition) is 1. The van der Waals surface area contributed by atoms with Crippen molar-refractivity contribution in [3.8, 4) is 0 Å². The fourth-order valence-electron chi connectivity index (χ4n) is 1.10. The van der Waals surface area contributed by atoms with E-state index in [1.807, 2.05) is 0 Å². The number of halogens is 1. The molecule has 0 aromatic carbocycles. The van der Waals surface area contributed by atoms with Gasteiger partial charge in [-0.2, -0.15) is 0 Å². The quantitative estimate of drug-likeness (QED) is 0.812. The van der Waals surface area contributed by atoms with E-state index in [0.29, 0.717) is 15.9 Å². The first-order valence-electron chi connectivity index (χ1n) is 4.36. The van der Waals surface area contributed by atoms with Crippen molar-refractivity contribution in [2.75, 3.05) is 12.3 Å². The van der Waals surface area contributed by atoms with E-state index in [1.54, 1.807) is 6.07 Å². The van der Waals surface area contributed by atoms with Gasteiger partial charge in [0.05, 0.1) is 6.54 Å². The lowest BCUT2D eigenvalue weighted by molar-refractivity contribution is 0.0973. The number of hydrogen-bond acceptors (Lipinski definition) is 4. The van der Waals surface area contributed by atoms with Crippen molar-refractivity contribution in [2.24, 2.45) is 4.99 Å². The average Bonchev–Trinajstić information content (AvgIpc) is 2.70. The molecule has 15 heavy (non-hydrogen) atoms. The molecule has 2 heterocycles. The van der Waals surface area contributed by atoms with Crippen LogP contribution in [0.3, 0.4) is 0 Å². The van der Waals surface area contributed by atoms with Crippen LogP contribution in [0.4, 0.5) is 0 Å². The summed E-state index contributed by atoms with van der Waals surface area (Å²) in [5.41, 5.74) is 0.303. The van der Waals surface area contributed by atoms with Gasteiger partial charge in [-0.05, 0) is 12.1 Å². The van der Waals surface area contributed by atoms with Gasteiger partial charge in [-0.25, -0.2) is 0 Å². The number of carbonyl (C=O) groups is 1. The van der Waals surface area contributed by atoms with Crippen molar-refractivity contribution in [2.45, 2.75) is 0 Å². The summed E-state index contributed by atoms with van der Waals surface area (Å²) in [5.74, 6) is 0.643. The van der Waals surface area contributed by atoms with Crippen LogP contribution < -0.4 is 5.32 Å². The molecule has 1 aromatic heterocycles. The van der Waals surface area contributed by atoms with E-state index in [2.05, 4.69) is 15.3 Å². The van der Waals surface area contributed by atoms with E-state index in [4.69, 9.17) is 11.6 Å². The van der Waals surface area contributed by atoms with Crippen LogP contribution in [0.15, 0.2) is 23.3 Å². The second-order valence-electron chi connectivity index (χ2n) is 2.85. The number of pyridine rings is 1. The third-order valence-electron chi connectivity index (χ3n) is 1.76. The molecule has 1 aliphatic rings. The van der Waals surface area contributed by atoms with Crippen LogP contribution in [0.5, 0.6) is 0 Å². The Kier molecular flexibility index (Phi) is 3.23. The maximum Gasteiger partial charge on any atom is 0.275 e. The van der Waals surface area contributed by atoms with Crippen molar-refractivity contribution in [3.63, 3.8) is 0 Å². The fraction of sp³-hybridized carbons (Fsp3) is 0.222. The molecule has 0 radical (unpaired) electrons. The van der Waals surface area contributed by atoms with Gasteiger partial charge in [-0.15, -0.1) is 0 Å². The summed E-state index contributed by atoms with van der Waals surface area (Å²) in [6.45, 7) is 0.753. The summed E-state index contributed by atoms with van der Waals surface area (Å²) in [4.78, 5) is 19.7. The summed E-state index contributed by atoms with van der Waals surface area (Å²) in [7, 11) is 0. The maximum absolute atomic E-state index is 11.6. The number of thioether (sulfide) groups is 1. The SMILES string of the molecule is O=C(NC1=NCCS1)c1cc(Cl)ccn1. The Morgan fingerprint density at radius 2 is 2.47 bits per heavy atom. The van der Waals surface area contributed by atoms with E-state index in [9.17, 15) is 4.79 Å². The first-order chi connectivity index (χ1) is 7.25. The monoisotopic (exact) mass is 241 g/mol. The zero-order chi connectivity index (χ0) is 10.7. The summed E-state index contributed by atoms with van der Waals surface area (Å²) in [6.07, 6.45) is 1.50. The minimum absolute atomic E-state index is 0.273. The molecule has 4 nitrogen and oxygen atoms in total. The highest BCUT2D eigenvalue weighted by atomic mass is 35.5. The van der Waals surface area contributed by atoms with Gasteiger partial charge in [0.2, 0.25) is 0 Å². The van der Waals surface area contributed by atoms with E-state index in [-0.39, 0.29) is 5.91 Å². The van der Waals surface area contributed by atoms with Crippen molar-refractivity contribution in [1.29, 1.82) is 0 Å². The number of nitrogens with zero attached hydrogens (tertiary/aromatic N) is 2. The molecule has 0 aliphatic carbocycles. The third kappa shape index (κ3) is 2.70. The highest BCUT2D eigenvalue weighted by Crippen LogP contribution is 2.11. The zero-order valence-electron chi connectivity index (χ0n) is 7.74. The number of amides is 1. The second-order valence-corrected chi connectivity index (χ2v) is 4.37. The van der Waals surface area contributed by atoms with Gasteiger partial charge < -0.3 is 0 Å². The number of amidine groups is 1. The average molecular weight is 242 g/mol. The molecule has 0 fully saturated rings. The molecule has 0 atom stereocenters. The van der Waals surface area contributed by atoms with Gasteiger partial charge in [-0.1, -0.05) is 23.4 Å². The van der Waals surface area contributed by atoms with Crippen LogP contribution in [0.2, 0.25) is 5.02 Å². The van der Waals surface area contributed by atoms with Crippen LogP contribution in [0, 0.1) is 0 Å². The molecule has 1 aromatic rings. The van der Waals surface area contributed by atoms with Crippen LogP contribution in [-0.4, -0.2) is 28.4 Å². The lowest BCUT2D eigenvalue weighted by atomic mass is 10.3. The van der Waals surface area contributed by atoms with Crippen molar-refractivity contribution in [1.82, 2.24) is 10.3 Å². The molecule has 0 unspecified atom stereocenters. The smallest absolute Gasteiger partial charge is 0.275 e. The molecule has 1 N–H and O–H groups in total. The highest BCUT2D eigenvalue weighted by molar-refractivity contribution is 8.14. The zero-order valence-corrected chi connectivity index (χ0v) is 9.31. The second kappa shape index (κ2) is 4.63. The number of aliphatic imine (C=N–C) groups is 1. The lowest BCUT2D eigenvalue weighted by Crippen LogP contribution is -2.28. The van der Waals surface area contributed by atoms with E-state index >= 15 is 0 Å². The van der Waals surface area contributed by atoms with Crippen molar-refractivity contribution >= 4 is 34.4 Å². The van der Waals surface area contributed by atoms with Gasteiger partial charge in [0.1, 0.15) is 5.69 Å². The Bertz CT molecular complexity index is 422. The maximum atomic E-state index is 11.6. The molecule has 1 aliphatic heterocycles. The molecule has 0 spiro atoms. The molecule has 1 amide bonds. The molecule has 0 saturated heterocycles. The third-order valence-corrected chi connectivity index (χ3v) is 2.89. The van der Waals surface area contributed by atoms with Crippen LogP contribution in [0.25, 0.3) is 0 Å². The number of nitrogens with one attached hydrogen (secondary N) is 1. The van der Waals surface area contributed by atoms with Crippen LogP contribution in [0.1, 0.15) is 10.5 Å². The van der Waals surface area contributed by atoms with Crippen molar-refractivity contribution < 1.29 is 4.79 Å². The minimum Gasteiger partial charge on any atom is -0.300 e. The summed E-state index contributed by atoms with van der Waals surface area (Å²) in [5, 5.41) is 3.83. The van der Waals surface area contributed by atoms with Crippen LogP contribution >= 0.6 is 23.4 Å². The summed E-state index contributed by atoms with van der Waals surface area (Å²) in [6, 6.07) is 3.15. The van der Waals surface area contributed by atoms with E-state index in [1.165, 1.54) is 24.0 Å². The first kappa shape index (κ1) is 10.4. The Morgan fingerprint density at radius 3 is 3.13 bits per heavy atom. The first-order valence-corrected chi connectivity index (χ1v) is 5.72. The van der Waals surface area contributed by atoms with E-state index < -0.39 is 0 Å². The molecule has 2 rings (SSSR count). The normalized spacial score (nSPS) is 14.9. The Morgan fingerprint density at radius 1 is 1.60 bits per heavy atom. The number of carbonyl (C=O) groups excluding carboxylic acids is 1. The fourth-order valence-corrected chi connectivity index (χ4v) is 1.98. The van der Waals surface area contributed by atoms with E-state index in [0.717, 1.165) is 12.3 Å². The molecular formula is C9H8ClN3OS. The largest absolute Gasteiger partial charge is 0.300 e. The molecule has 78 valence electrons. The standard InChI is InChI=1S/C9H8ClN3OS/c10-6-1-2-11-7(5-6)8(14)13-9-12-3-4-15-9/h1-2,5H,3-4H2,(H,12,13,14). The number of aromatic nitrogens is 1.